The molecule has 2 aromatic rings. The minimum Gasteiger partial charge on any atom is -0.467 e. The van der Waals surface area contributed by atoms with Gasteiger partial charge in [0.15, 0.2) is 0 Å². The molecule has 42 heavy (non-hydrogen) atoms. The first-order valence-corrected chi connectivity index (χ1v) is 14.5. The summed E-state index contributed by atoms with van der Waals surface area (Å²) in [7, 11) is 1.24. The molecule has 0 radical (unpaired) electrons. The SMILES string of the molecule is CCCCOC(=O)N[C@H](CCCC)C(=O)N1CC[C@@H](N=[N+]=[N-])[C@H]1C(=O)N[C@@H](Cc1ccc2ccccc2c1)C(=O)OC. The Morgan fingerprint density at radius 1 is 1.05 bits per heavy atom. The fourth-order valence-corrected chi connectivity index (χ4v) is 5.08. The fourth-order valence-electron chi connectivity index (χ4n) is 5.08. The maximum Gasteiger partial charge on any atom is 0.407 e. The van der Waals surface area contributed by atoms with Crippen LogP contribution in [-0.4, -0.2) is 73.2 Å². The molecule has 0 unspecified atom stereocenters. The number of esters is 1. The summed E-state index contributed by atoms with van der Waals surface area (Å²) in [5, 5.41) is 11.2. The van der Waals surface area contributed by atoms with Gasteiger partial charge in [0, 0.05) is 17.9 Å². The first kappa shape index (κ1) is 32.2. The first-order valence-electron chi connectivity index (χ1n) is 14.5. The van der Waals surface area contributed by atoms with Gasteiger partial charge in [-0.15, -0.1) is 0 Å². The molecule has 1 aliphatic heterocycles. The van der Waals surface area contributed by atoms with Gasteiger partial charge in [0.05, 0.1) is 19.8 Å². The number of ether oxygens (including phenoxy) is 2. The Morgan fingerprint density at radius 3 is 2.48 bits per heavy atom. The standard InChI is InChI=1S/C30H40N6O6/c1-4-6-12-24(33-30(40)42-17-7-5-2)28(38)36-16-15-23(34-35-31)26(36)27(37)32-25(29(39)41-3)19-20-13-14-21-10-8-9-11-22(21)18-20/h8-11,13-14,18,23-26H,4-7,12,15-17,19H2,1-3H3,(H,32,37)(H,33,40)/t23-,24-,25+,26+/m1/s1. The summed E-state index contributed by atoms with van der Waals surface area (Å²) in [6.45, 7) is 4.31. The Hall–Kier alpha value is -4.31. The third kappa shape index (κ3) is 8.59. The van der Waals surface area contributed by atoms with Crippen molar-refractivity contribution in [3.63, 3.8) is 0 Å². The topological polar surface area (TPSA) is 163 Å². The lowest BCUT2D eigenvalue weighted by Gasteiger charge is -2.30. The van der Waals surface area contributed by atoms with Gasteiger partial charge >= 0.3 is 12.1 Å². The highest BCUT2D eigenvalue weighted by Crippen LogP contribution is 2.24. The minimum atomic E-state index is -1.17. The lowest BCUT2D eigenvalue weighted by molar-refractivity contribution is -0.146. The summed E-state index contributed by atoms with van der Waals surface area (Å²) in [6, 6.07) is 9.56. The van der Waals surface area contributed by atoms with Crippen LogP contribution >= 0.6 is 0 Å². The number of benzene rings is 2. The van der Waals surface area contributed by atoms with E-state index in [2.05, 4.69) is 20.7 Å². The molecule has 0 aliphatic carbocycles. The summed E-state index contributed by atoms with van der Waals surface area (Å²) in [5.41, 5.74) is 9.97. The molecule has 3 amide bonds. The minimum absolute atomic E-state index is 0.142. The van der Waals surface area contributed by atoms with E-state index in [1.807, 2.05) is 56.3 Å². The molecule has 1 heterocycles. The van der Waals surface area contributed by atoms with Crippen molar-refractivity contribution in [1.82, 2.24) is 15.5 Å². The Balaban J connectivity index is 1.82. The second kappa shape index (κ2) is 16.2. The van der Waals surface area contributed by atoms with Gasteiger partial charge in [0.25, 0.3) is 0 Å². The van der Waals surface area contributed by atoms with Gasteiger partial charge in [-0.1, -0.05) is 80.7 Å². The first-order chi connectivity index (χ1) is 20.3. The van der Waals surface area contributed by atoms with E-state index in [4.69, 9.17) is 15.0 Å². The van der Waals surface area contributed by atoms with Gasteiger partial charge in [-0.3, -0.25) is 9.59 Å². The number of azide groups is 1. The monoisotopic (exact) mass is 580 g/mol. The summed E-state index contributed by atoms with van der Waals surface area (Å²) in [5.74, 6) is -1.77. The maximum absolute atomic E-state index is 13.7. The Morgan fingerprint density at radius 2 is 1.79 bits per heavy atom. The number of likely N-dealkylation sites (tertiary alicyclic amines) is 1. The number of carbonyl (C=O) groups excluding carboxylic acids is 4. The number of hydrogen-bond acceptors (Lipinski definition) is 7. The summed E-state index contributed by atoms with van der Waals surface area (Å²) in [6.07, 6.45) is 3.05. The third-order valence-electron chi connectivity index (χ3n) is 7.34. The molecule has 1 aliphatic rings. The van der Waals surface area contributed by atoms with Crippen LogP contribution in [0.3, 0.4) is 0 Å². The molecule has 1 saturated heterocycles. The molecular formula is C30H40N6O6. The molecule has 4 atom stereocenters. The molecule has 2 aromatic carbocycles. The van der Waals surface area contributed by atoms with Crippen molar-refractivity contribution >= 4 is 34.6 Å². The number of unbranched alkanes of at least 4 members (excludes halogenated alkanes) is 2. The summed E-state index contributed by atoms with van der Waals surface area (Å²) in [4.78, 5) is 56.8. The van der Waals surface area contributed by atoms with E-state index >= 15 is 0 Å². The van der Waals surface area contributed by atoms with E-state index in [9.17, 15) is 19.2 Å². The van der Waals surface area contributed by atoms with E-state index in [1.54, 1.807) is 0 Å². The maximum atomic E-state index is 13.7. The Bertz CT molecular complexity index is 1300. The van der Waals surface area contributed by atoms with Crippen LogP contribution in [0, 0.1) is 0 Å². The van der Waals surface area contributed by atoms with Crippen LogP contribution < -0.4 is 10.6 Å². The average molecular weight is 581 g/mol. The van der Waals surface area contributed by atoms with Crippen LogP contribution in [0.2, 0.25) is 0 Å². The molecular weight excluding hydrogens is 540 g/mol. The zero-order chi connectivity index (χ0) is 30.5. The van der Waals surface area contributed by atoms with Crippen LogP contribution in [0.15, 0.2) is 47.6 Å². The number of carbonyl (C=O) groups is 4. The lowest BCUT2D eigenvalue weighted by Crippen LogP contribution is -2.57. The average Bonchev–Trinajstić information content (AvgIpc) is 3.42. The van der Waals surface area contributed by atoms with Crippen molar-refractivity contribution in [2.24, 2.45) is 5.11 Å². The van der Waals surface area contributed by atoms with Crippen molar-refractivity contribution in [1.29, 1.82) is 0 Å². The predicted octanol–water partition coefficient (Wildman–Crippen LogP) is 4.41. The summed E-state index contributed by atoms with van der Waals surface area (Å²) >= 11 is 0. The van der Waals surface area contributed by atoms with Gasteiger partial charge in [0.2, 0.25) is 11.8 Å². The number of hydrogen-bond donors (Lipinski definition) is 2. The highest BCUT2D eigenvalue weighted by atomic mass is 16.5. The molecule has 226 valence electrons. The van der Waals surface area contributed by atoms with Gasteiger partial charge in [-0.25, -0.2) is 9.59 Å². The molecule has 0 spiro atoms. The van der Waals surface area contributed by atoms with E-state index in [0.717, 1.165) is 29.2 Å². The molecule has 0 saturated carbocycles. The van der Waals surface area contributed by atoms with Gasteiger partial charge < -0.3 is 25.0 Å². The number of alkyl carbamates (subject to hydrolysis) is 1. The molecule has 0 bridgehead atoms. The number of methoxy groups -OCH3 is 1. The zero-order valence-electron chi connectivity index (χ0n) is 24.5. The van der Waals surface area contributed by atoms with Gasteiger partial charge in [-0.05, 0) is 41.1 Å². The molecule has 0 aromatic heterocycles. The normalized spacial score (nSPS) is 17.5. The number of nitrogens with zero attached hydrogens (tertiary/aromatic N) is 4. The quantitative estimate of drug-likeness (QED) is 0.111. The fraction of sp³-hybridized carbons (Fsp3) is 0.533. The largest absolute Gasteiger partial charge is 0.467 e. The number of rotatable bonds is 14. The number of amides is 3. The van der Waals surface area contributed by atoms with Crippen LogP contribution in [-0.2, 0) is 30.3 Å². The van der Waals surface area contributed by atoms with Crippen LogP contribution in [0.1, 0.15) is 57.9 Å². The van der Waals surface area contributed by atoms with Gasteiger partial charge in [0.1, 0.15) is 18.1 Å². The Labute approximate surface area is 245 Å². The lowest BCUT2D eigenvalue weighted by atomic mass is 10.0. The van der Waals surface area contributed by atoms with E-state index in [1.165, 1.54) is 12.0 Å². The van der Waals surface area contributed by atoms with E-state index in [0.29, 0.717) is 19.3 Å². The second-order valence-electron chi connectivity index (χ2n) is 10.3. The molecule has 1 fully saturated rings. The van der Waals surface area contributed by atoms with Crippen molar-refractivity contribution in [3.05, 3.63) is 58.5 Å². The van der Waals surface area contributed by atoms with Crippen LogP contribution in [0.25, 0.3) is 21.2 Å². The van der Waals surface area contributed by atoms with Crippen LogP contribution in [0.4, 0.5) is 4.79 Å². The van der Waals surface area contributed by atoms with Crippen molar-refractivity contribution in [3.8, 4) is 0 Å². The van der Waals surface area contributed by atoms with Crippen molar-refractivity contribution in [2.75, 3.05) is 20.3 Å². The summed E-state index contributed by atoms with van der Waals surface area (Å²) < 4.78 is 10.2. The number of fused-ring (bicyclic) bond motifs is 1. The van der Waals surface area contributed by atoms with Gasteiger partial charge in [-0.2, -0.15) is 0 Å². The predicted molar refractivity (Wildman–Crippen MR) is 157 cm³/mol. The molecule has 2 N–H and O–H groups in total. The third-order valence-corrected chi connectivity index (χ3v) is 7.34. The van der Waals surface area contributed by atoms with Crippen LogP contribution in [0.5, 0.6) is 0 Å². The van der Waals surface area contributed by atoms with Crippen molar-refractivity contribution < 1.29 is 28.7 Å². The highest BCUT2D eigenvalue weighted by molar-refractivity contribution is 5.94. The van der Waals surface area contributed by atoms with E-state index < -0.39 is 48.0 Å². The van der Waals surface area contributed by atoms with E-state index in [-0.39, 0.29) is 26.0 Å². The zero-order valence-corrected chi connectivity index (χ0v) is 24.5. The highest BCUT2D eigenvalue weighted by Gasteiger charge is 2.44. The molecule has 12 nitrogen and oxygen atoms in total. The smallest absolute Gasteiger partial charge is 0.407 e. The molecule has 3 rings (SSSR count). The number of nitrogens with one attached hydrogen (secondary N) is 2. The Kier molecular flexibility index (Phi) is 12.4. The van der Waals surface area contributed by atoms with Crippen molar-refractivity contribution in [2.45, 2.75) is 83.0 Å². The second-order valence-corrected chi connectivity index (χ2v) is 10.3. The molecule has 12 heteroatoms.